The third kappa shape index (κ3) is 204. The van der Waals surface area contributed by atoms with Crippen molar-refractivity contribution in [1.82, 2.24) is 0 Å². The minimum absolute atomic E-state index is 0. The topological polar surface area (TPSA) is 37.3 Å². The fraction of sp³-hybridized carbons (Fsp3) is 0.944. The first-order valence-corrected chi connectivity index (χ1v) is 8.99. The van der Waals surface area contributed by atoms with E-state index in [1.807, 2.05) is 0 Å². The van der Waals surface area contributed by atoms with E-state index in [9.17, 15) is 4.79 Å². The van der Waals surface area contributed by atoms with Crippen LogP contribution >= 0.6 is 0 Å². The summed E-state index contributed by atoms with van der Waals surface area (Å²) in [6.45, 7) is 2.27. The minimum atomic E-state index is -0.653. The Morgan fingerprint density at radius 3 is 0.532 bits per heavy atom. The molecule has 0 fully saturated rings. The Kier molecular flexibility index (Phi) is 788. The van der Waals surface area contributed by atoms with E-state index < -0.39 is 5.97 Å². The molecule has 1 N–H and O–H groups in total. The van der Waals surface area contributed by atoms with Gasteiger partial charge in [-0.1, -0.05) is 96.8 Å². The summed E-state index contributed by atoms with van der Waals surface area (Å²) in [5.41, 5.74) is 0. The molecule has 29 heteroatoms. The van der Waals surface area contributed by atoms with Crippen molar-refractivity contribution in [3.63, 3.8) is 0 Å². The second kappa shape index (κ2) is 188. The average molecular weight is 2050 g/mol. The Labute approximate surface area is 636 Å². The second-order valence-corrected chi connectivity index (χ2v) is 6.09. The molecule has 0 aliphatic rings. The van der Waals surface area contributed by atoms with E-state index >= 15 is 0 Å². The fourth-order valence-electron chi connectivity index (χ4n) is 2.65. The van der Waals surface area contributed by atoms with Crippen molar-refractivity contribution in [3.05, 3.63) is 0 Å². The average Bonchev–Trinajstić information content (AvgIpc) is 2.43. The molecule has 0 aliphatic carbocycles. The van der Waals surface area contributed by atoms with Crippen LogP contribution in [-0.2, 0) is 531 Å². The molecule has 0 atom stereocenters. The molecule has 0 amide bonds. The second-order valence-electron chi connectivity index (χ2n) is 6.09. The maximum absolute atomic E-state index is 10.3. The monoisotopic (exact) mass is 2010 g/mol. The van der Waals surface area contributed by atoms with Crippen LogP contribution in [0.2, 0.25) is 0 Å². The summed E-state index contributed by atoms with van der Waals surface area (Å²) >= 11 is 0. The molecule has 0 aromatic heterocycles. The molecule has 47 heavy (non-hydrogen) atoms. The summed E-state index contributed by atoms with van der Waals surface area (Å²) in [7, 11) is 0. The molecule has 0 radical (unpaired) electrons. The molecule has 0 rings (SSSR count). The van der Waals surface area contributed by atoms with Gasteiger partial charge in [0.15, 0.2) is 0 Å². The van der Waals surface area contributed by atoms with E-state index in [4.69, 9.17) is 5.11 Å². The van der Waals surface area contributed by atoms with Gasteiger partial charge >= 0.3 is 532 Å². The molecule has 2 nitrogen and oxygen atoms in total. The van der Waals surface area contributed by atoms with E-state index in [1.165, 1.54) is 83.5 Å². The number of carbonyl (C=O) groups is 1. The summed E-state index contributed by atoms with van der Waals surface area (Å²) in [5.74, 6) is -0.653. The van der Waals surface area contributed by atoms with E-state index in [2.05, 4.69) is 6.92 Å². The van der Waals surface area contributed by atoms with Crippen molar-refractivity contribution in [2.24, 2.45) is 0 Å². The zero-order chi connectivity index (χ0) is 14.9. The maximum atomic E-state index is 10.3. The van der Waals surface area contributed by atoms with E-state index in [0.29, 0.717) is 6.42 Å². The third-order valence-electron chi connectivity index (χ3n) is 3.99. The molecule has 0 aromatic carbocycles. The van der Waals surface area contributed by atoms with E-state index in [-0.39, 0.29) is 526 Å². The predicted octanol–water partition coefficient (Wildman–Crippen LogP) is 6.27. The first-order chi connectivity index (χ1) is 9.77. The zero-order valence-corrected chi connectivity index (χ0v) is 113. The molecule has 0 aromatic rings. The maximum Gasteiger partial charge on any atom is 2.00 e. The molecule has 0 bridgehead atoms. The quantitative estimate of drug-likeness (QED) is 0.147. The molecule has 0 saturated heterocycles. The Balaban J connectivity index is -0.00000000514. The summed E-state index contributed by atoms with van der Waals surface area (Å²) < 4.78 is 0. The summed E-state index contributed by atoms with van der Waals surface area (Å²) in [4.78, 5) is 10.3. The van der Waals surface area contributed by atoms with Crippen LogP contribution in [0.5, 0.6) is 0 Å². The van der Waals surface area contributed by atoms with Gasteiger partial charge in [0, 0.05) is 6.42 Å². The fourth-order valence-corrected chi connectivity index (χ4v) is 2.65. The Morgan fingerprint density at radius 1 is 0.277 bits per heavy atom. The van der Waals surface area contributed by atoms with Gasteiger partial charge in [-0.25, -0.2) is 0 Å². The standard InChI is InChI=1S/C18H36O2.27Zn/c1-2-3-4-5-6-7-8-9-10-11-12-13-14-15-16-17-18(19)20;;;;;;;;;;;;;;;;;;;;;;;;;;;/h2-17H2,1H3,(H,19,20);;;;;;;;;;;;;;;;;;;;;;;;;;;/q;27*+2. The zero-order valence-electron chi connectivity index (χ0n) is 32.8. The first kappa shape index (κ1) is 197. The number of hydrogen-bond donors (Lipinski definition) is 1. The van der Waals surface area contributed by atoms with Crippen LogP contribution < -0.4 is 0 Å². The SMILES string of the molecule is CCCCCCCCCCCCCCCCCC(=O)O.[Zn+2].[Zn+2].[Zn+2].[Zn+2].[Zn+2].[Zn+2].[Zn+2].[Zn+2].[Zn+2].[Zn+2].[Zn+2].[Zn+2].[Zn+2].[Zn+2].[Zn+2].[Zn+2].[Zn+2].[Zn+2].[Zn+2].[Zn+2].[Zn+2].[Zn+2].[Zn+2].[Zn+2].[Zn+2].[Zn+2].[Zn+2]. The van der Waals surface area contributed by atoms with Crippen molar-refractivity contribution in [3.8, 4) is 0 Å². The third-order valence-corrected chi connectivity index (χ3v) is 3.99. The van der Waals surface area contributed by atoms with Crippen molar-refractivity contribution < 1.29 is 536 Å². The van der Waals surface area contributed by atoms with Gasteiger partial charge in [0.25, 0.3) is 0 Å². The van der Waals surface area contributed by atoms with Crippen LogP contribution in [0.3, 0.4) is 0 Å². The molecule has 0 spiro atoms. The minimum Gasteiger partial charge on any atom is -0.481 e. The Hall–Kier alpha value is 16.3. The Bertz CT molecular complexity index is 248. The van der Waals surface area contributed by atoms with Gasteiger partial charge in [0.2, 0.25) is 0 Å². The molecule has 0 saturated carbocycles. The molecular weight excluding hydrogens is 2010 g/mol. The number of unbranched alkanes of at least 4 members (excludes halogenated alkanes) is 14. The number of rotatable bonds is 16. The van der Waals surface area contributed by atoms with E-state index in [1.54, 1.807) is 0 Å². The molecule has 0 heterocycles. The van der Waals surface area contributed by atoms with Crippen molar-refractivity contribution in [2.45, 2.75) is 110 Å². The number of carboxylic acid groups (broad SMARTS) is 1. The van der Waals surface area contributed by atoms with Gasteiger partial charge in [0.05, 0.1) is 0 Å². The number of carboxylic acids is 1. The van der Waals surface area contributed by atoms with Gasteiger partial charge in [-0.3, -0.25) is 4.79 Å². The van der Waals surface area contributed by atoms with Crippen LogP contribution in [-0.4, -0.2) is 11.1 Å². The van der Waals surface area contributed by atoms with Crippen LogP contribution in [0.1, 0.15) is 110 Å². The summed E-state index contributed by atoms with van der Waals surface area (Å²) in [6.07, 6.45) is 20.2. The molecule has 0 aliphatic heterocycles. The largest absolute Gasteiger partial charge is 2.00 e. The van der Waals surface area contributed by atoms with Gasteiger partial charge < -0.3 is 5.11 Å². The van der Waals surface area contributed by atoms with Crippen LogP contribution in [0.25, 0.3) is 0 Å². The predicted molar refractivity (Wildman–Crippen MR) is 87.2 cm³/mol. The smallest absolute Gasteiger partial charge is 0.481 e. The van der Waals surface area contributed by atoms with Crippen molar-refractivity contribution in [1.29, 1.82) is 0 Å². The first-order valence-electron chi connectivity index (χ1n) is 8.99. The van der Waals surface area contributed by atoms with Crippen LogP contribution in [0.4, 0.5) is 0 Å². The Morgan fingerprint density at radius 2 is 0.404 bits per heavy atom. The number of aliphatic carboxylic acids is 1. The number of hydrogen-bond acceptors (Lipinski definition) is 1. The van der Waals surface area contributed by atoms with Crippen LogP contribution in [0.15, 0.2) is 0 Å². The normalized spacial score (nSPS) is 4.62. The van der Waals surface area contributed by atoms with Gasteiger partial charge in [-0.05, 0) is 6.42 Å². The van der Waals surface area contributed by atoms with Gasteiger partial charge in [0.1, 0.15) is 0 Å². The van der Waals surface area contributed by atoms with Gasteiger partial charge in [-0.2, -0.15) is 0 Å². The summed E-state index contributed by atoms with van der Waals surface area (Å²) in [5, 5.41) is 8.52. The van der Waals surface area contributed by atoms with E-state index in [0.717, 1.165) is 12.8 Å². The van der Waals surface area contributed by atoms with Crippen molar-refractivity contribution >= 4 is 5.97 Å². The molecular formula is C18H36O2Zn27+54. The van der Waals surface area contributed by atoms with Crippen molar-refractivity contribution in [2.75, 3.05) is 0 Å². The van der Waals surface area contributed by atoms with Gasteiger partial charge in [-0.15, -0.1) is 0 Å². The molecule has 120 valence electrons. The summed E-state index contributed by atoms with van der Waals surface area (Å²) in [6, 6.07) is 0. The van der Waals surface area contributed by atoms with Crippen LogP contribution in [0, 0.1) is 0 Å². The molecule has 0 unspecified atom stereocenters.